The fraction of sp³-hybridized carbons (Fsp3) is 0.500. The highest BCUT2D eigenvalue weighted by molar-refractivity contribution is 5.30. The Morgan fingerprint density at radius 3 is 2.73 bits per heavy atom. The molecule has 1 aliphatic heterocycles. The Labute approximate surface area is 90.1 Å². The predicted octanol–water partition coefficient (Wildman–Crippen LogP) is 1.13. The zero-order chi connectivity index (χ0) is 10.5. The van der Waals surface area contributed by atoms with Crippen molar-refractivity contribution in [1.29, 1.82) is 0 Å². The summed E-state index contributed by atoms with van der Waals surface area (Å²) in [5.74, 6) is 1.48. The maximum Gasteiger partial charge on any atom is 0.119 e. The van der Waals surface area contributed by atoms with Crippen LogP contribution in [0.25, 0.3) is 0 Å². The molecule has 1 heterocycles. The lowest BCUT2D eigenvalue weighted by Gasteiger charge is -2.10. The summed E-state index contributed by atoms with van der Waals surface area (Å²) in [6, 6.07) is 8.18. The predicted molar refractivity (Wildman–Crippen MR) is 59.3 cm³/mol. The van der Waals surface area contributed by atoms with Gasteiger partial charge in [0.2, 0.25) is 0 Å². The van der Waals surface area contributed by atoms with E-state index in [-0.39, 0.29) is 6.61 Å². The zero-order valence-corrected chi connectivity index (χ0v) is 8.78. The maximum absolute atomic E-state index is 8.62. The van der Waals surface area contributed by atoms with Crippen molar-refractivity contribution < 1.29 is 9.84 Å². The molecular formula is C12H17NO2. The van der Waals surface area contributed by atoms with E-state index in [1.54, 1.807) is 0 Å². The molecule has 1 atom stereocenters. The van der Waals surface area contributed by atoms with Gasteiger partial charge in [0.05, 0.1) is 6.61 Å². The molecule has 0 saturated carbocycles. The smallest absolute Gasteiger partial charge is 0.119 e. The first-order chi connectivity index (χ1) is 7.40. The average molecular weight is 207 g/mol. The molecule has 1 saturated heterocycles. The van der Waals surface area contributed by atoms with E-state index in [9.17, 15) is 0 Å². The standard InChI is InChI=1S/C12H17NO2/c14-7-8-15-12-3-1-10(2-4-12)11-5-6-13-9-11/h1-4,11,13-14H,5-9H2. The van der Waals surface area contributed by atoms with Crippen molar-refractivity contribution in [2.45, 2.75) is 12.3 Å². The van der Waals surface area contributed by atoms with Crippen molar-refractivity contribution in [2.24, 2.45) is 0 Å². The van der Waals surface area contributed by atoms with Gasteiger partial charge in [0.1, 0.15) is 12.4 Å². The van der Waals surface area contributed by atoms with Crippen LogP contribution in [0.5, 0.6) is 5.75 Å². The van der Waals surface area contributed by atoms with Crippen LogP contribution in [0.3, 0.4) is 0 Å². The number of benzene rings is 1. The van der Waals surface area contributed by atoms with Crippen molar-refractivity contribution >= 4 is 0 Å². The van der Waals surface area contributed by atoms with Crippen LogP contribution in [0, 0.1) is 0 Å². The van der Waals surface area contributed by atoms with Gasteiger partial charge < -0.3 is 15.2 Å². The second-order valence-electron chi connectivity index (χ2n) is 3.83. The topological polar surface area (TPSA) is 41.5 Å². The molecule has 3 nitrogen and oxygen atoms in total. The van der Waals surface area contributed by atoms with Crippen LogP contribution in [0.2, 0.25) is 0 Å². The number of aliphatic hydroxyl groups is 1. The molecule has 3 heteroatoms. The number of nitrogens with one attached hydrogen (secondary N) is 1. The molecule has 0 radical (unpaired) electrons. The Balaban J connectivity index is 1.96. The monoisotopic (exact) mass is 207 g/mol. The third-order valence-electron chi connectivity index (χ3n) is 2.77. The van der Waals surface area contributed by atoms with E-state index in [1.807, 2.05) is 12.1 Å². The third-order valence-corrected chi connectivity index (χ3v) is 2.77. The van der Waals surface area contributed by atoms with E-state index in [0.29, 0.717) is 12.5 Å². The largest absolute Gasteiger partial charge is 0.491 e. The summed E-state index contributed by atoms with van der Waals surface area (Å²) in [6.45, 7) is 2.63. The van der Waals surface area contributed by atoms with Crippen LogP contribution in [0.1, 0.15) is 17.9 Å². The van der Waals surface area contributed by atoms with Crippen molar-refractivity contribution in [3.63, 3.8) is 0 Å². The second kappa shape index (κ2) is 5.14. The Hall–Kier alpha value is -1.06. The summed E-state index contributed by atoms with van der Waals surface area (Å²) < 4.78 is 5.31. The van der Waals surface area contributed by atoms with Gasteiger partial charge in [0.25, 0.3) is 0 Å². The Morgan fingerprint density at radius 1 is 1.33 bits per heavy atom. The summed E-state index contributed by atoms with van der Waals surface area (Å²) in [7, 11) is 0. The van der Waals surface area contributed by atoms with E-state index < -0.39 is 0 Å². The lowest BCUT2D eigenvalue weighted by atomic mass is 9.99. The van der Waals surface area contributed by atoms with Gasteiger partial charge in [-0.3, -0.25) is 0 Å². The van der Waals surface area contributed by atoms with Gasteiger partial charge in [-0.1, -0.05) is 12.1 Å². The summed E-state index contributed by atoms with van der Waals surface area (Å²) in [5.41, 5.74) is 1.37. The Kier molecular flexibility index (Phi) is 3.59. The lowest BCUT2D eigenvalue weighted by Crippen LogP contribution is -2.08. The van der Waals surface area contributed by atoms with Gasteiger partial charge in [-0.2, -0.15) is 0 Å². The van der Waals surface area contributed by atoms with Gasteiger partial charge >= 0.3 is 0 Å². The van der Waals surface area contributed by atoms with E-state index in [1.165, 1.54) is 12.0 Å². The number of aliphatic hydroxyl groups excluding tert-OH is 1. The molecular weight excluding hydrogens is 190 g/mol. The van der Waals surface area contributed by atoms with Crippen LogP contribution in [-0.2, 0) is 0 Å². The maximum atomic E-state index is 8.62. The Bertz CT molecular complexity index is 291. The first-order valence-electron chi connectivity index (χ1n) is 5.44. The highest BCUT2D eigenvalue weighted by atomic mass is 16.5. The SMILES string of the molecule is OCCOc1ccc(C2CCNC2)cc1. The summed E-state index contributed by atoms with van der Waals surface area (Å²) >= 11 is 0. The molecule has 1 aliphatic rings. The number of rotatable bonds is 4. The Morgan fingerprint density at radius 2 is 2.13 bits per heavy atom. The van der Waals surface area contributed by atoms with Crippen molar-refractivity contribution in [3.8, 4) is 5.75 Å². The second-order valence-corrected chi connectivity index (χ2v) is 3.83. The fourth-order valence-electron chi connectivity index (χ4n) is 1.94. The van der Waals surface area contributed by atoms with E-state index in [2.05, 4.69) is 17.4 Å². The van der Waals surface area contributed by atoms with Gasteiger partial charge in [0, 0.05) is 6.54 Å². The number of ether oxygens (including phenoxy) is 1. The normalized spacial score (nSPS) is 20.5. The molecule has 1 aromatic rings. The van der Waals surface area contributed by atoms with E-state index in [0.717, 1.165) is 18.8 Å². The van der Waals surface area contributed by atoms with Crippen molar-refractivity contribution in [1.82, 2.24) is 5.32 Å². The summed E-state index contributed by atoms with van der Waals surface area (Å²) in [5, 5.41) is 12.0. The average Bonchev–Trinajstić information content (AvgIpc) is 2.80. The van der Waals surface area contributed by atoms with E-state index in [4.69, 9.17) is 9.84 Å². The molecule has 1 aromatic carbocycles. The molecule has 2 N–H and O–H groups in total. The molecule has 0 amide bonds. The van der Waals surface area contributed by atoms with Crippen LogP contribution in [-0.4, -0.2) is 31.4 Å². The number of hydrogen-bond donors (Lipinski definition) is 2. The highest BCUT2D eigenvalue weighted by Crippen LogP contribution is 2.24. The number of hydrogen-bond acceptors (Lipinski definition) is 3. The minimum Gasteiger partial charge on any atom is -0.491 e. The molecule has 1 fully saturated rings. The minimum atomic E-state index is 0.0638. The quantitative estimate of drug-likeness (QED) is 0.777. The first-order valence-corrected chi connectivity index (χ1v) is 5.44. The molecule has 1 unspecified atom stereocenters. The van der Waals surface area contributed by atoms with E-state index >= 15 is 0 Å². The first kappa shape index (κ1) is 10.5. The molecule has 0 aromatic heterocycles. The van der Waals surface area contributed by atoms with Gasteiger partial charge in [0.15, 0.2) is 0 Å². The van der Waals surface area contributed by atoms with Gasteiger partial charge in [-0.05, 0) is 36.6 Å². The summed E-state index contributed by atoms with van der Waals surface area (Å²) in [4.78, 5) is 0. The molecule has 0 aliphatic carbocycles. The summed E-state index contributed by atoms with van der Waals surface area (Å²) in [6.07, 6.45) is 1.22. The van der Waals surface area contributed by atoms with Crippen LogP contribution in [0.15, 0.2) is 24.3 Å². The third kappa shape index (κ3) is 2.70. The zero-order valence-electron chi connectivity index (χ0n) is 8.78. The van der Waals surface area contributed by atoms with Crippen molar-refractivity contribution in [3.05, 3.63) is 29.8 Å². The molecule has 15 heavy (non-hydrogen) atoms. The molecule has 82 valence electrons. The molecule has 0 bridgehead atoms. The van der Waals surface area contributed by atoms with Crippen LogP contribution in [0.4, 0.5) is 0 Å². The molecule has 0 spiro atoms. The van der Waals surface area contributed by atoms with Crippen LogP contribution < -0.4 is 10.1 Å². The fourth-order valence-corrected chi connectivity index (χ4v) is 1.94. The van der Waals surface area contributed by atoms with Crippen molar-refractivity contribution in [2.75, 3.05) is 26.3 Å². The highest BCUT2D eigenvalue weighted by Gasteiger charge is 2.15. The van der Waals surface area contributed by atoms with Crippen LogP contribution >= 0.6 is 0 Å². The van der Waals surface area contributed by atoms with Gasteiger partial charge in [-0.25, -0.2) is 0 Å². The van der Waals surface area contributed by atoms with Gasteiger partial charge in [-0.15, -0.1) is 0 Å². The lowest BCUT2D eigenvalue weighted by molar-refractivity contribution is 0.201. The minimum absolute atomic E-state index is 0.0638. The molecule has 2 rings (SSSR count).